The van der Waals surface area contributed by atoms with E-state index in [1.54, 1.807) is 0 Å². The third-order valence-corrected chi connectivity index (χ3v) is 3.11. The Hall–Kier alpha value is -2.26. The highest BCUT2D eigenvalue weighted by atomic mass is 19.1. The molecule has 0 aliphatic carbocycles. The molecule has 0 aliphatic rings. The summed E-state index contributed by atoms with van der Waals surface area (Å²) in [6.45, 7) is -0.236. The Kier molecular flexibility index (Phi) is 4.43. The third-order valence-electron chi connectivity index (χ3n) is 3.11. The van der Waals surface area contributed by atoms with Crippen LogP contribution in [0.5, 0.6) is 0 Å². The van der Waals surface area contributed by atoms with Crippen molar-refractivity contribution in [1.82, 2.24) is 4.98 Å². The van der Waals surface area contributed by atoms with Crippen molar-refractivity contribution in [3.8, 4) is 6.07 Å². The average Bonchev–Trinajstić information content (AvgIpc) is 2.95. The molecule has 0 fully saturated rings. The molecule has 1 aromatic heterocycles. The van der Waals surface area contributed by atoms with Gasteiger partial charge in [-0.1, -0.05) is 6.07 Å². The van der Waals surface area contributed by atoms with Gasteiger partial charge in [-0.2, -0.15) is 5.26 Å². The van der Waals surface area contributed by atoms with Gasteiger partial charge in [0.15, 0.2) is 6.39 Å². The number of oxazole rings is 1. The Balaban J connectivity index is 2.47. The molecular weight excluding hydrogens is 266 g/mol. The van der Waals surface area contributed by atoms with Crippen LogP contribution in [0.1, 0.15) is 29.6 Å². The number of benzene rings is 1. The van der Waals surface area contributed by atoms with E-state index in [-0.39, 0.29) is 18.6 Å². The number of nitrogens with zero attached hydrogens (tertiary/aromatic N) is 2. The molecule has 0 saturated heterocycles. The number of aliphatic hydroxyl groups excluding tert-OH is 1. The molecule has 1 heterocycles. The maximum atomic E-state index is 13.8. The van der Waals surface area contributed by atoms with Crippen molar-refractivity contribution in [3.63, 3.8) is 0 Å². The van der Waals surface area contributed by atoms with Crippen molar-refractivity contribution >= 4 is 0 Å². The van der Waals surface area contributed by atoms with Gasteiger partial charge in [-0.3, -0.25) is 0 Å². The SMILES string of the molecule is N#C[C@H](c1c(F)cccc1F)[C@H](CCO)c1cnco1. The topological polar surface area (TPSA) is 70.0 Å². The quantitative estimate of drug-likeness (QED) is 0.912. The van der Waals surface area contributed by atoms with Crippen LogP contribution >= 0.6 is 0 Å². The van der Waals surface area contributed by atoms with Crippen LogP contribution < -0.4 is 0 Å². The van der Waals surface area contributed by atoms with Crippen LogP contribution in [0.2, 0.25) is 0 Å². The van der Waals surface area contributed by atoms with Gasteiger partial charge in [0, 0.05) is 18.1 Å². The van der Waals surface area contributed by atoms with E-state index in [0.717, 1.165) is 12.1 Å². The van der Waals surface area contributed by atoms with Crippen molar-refractivity contribution in [2.75, 3.05) is 6.61 Å². The molecule has 0 amide bonds. The maximum absolute atomic E-state index is 13.8. The van der Waals surface area contributed by atoms with Crippen LogP contribution in [-0.4, -0.2) is 16.7 Å². The molecule has 0 aliphatic heterocycles. The fraction of sp³-hybridized carbons (Fsp3) is 0.286. The standard InChI is InChI=1S/C14H12F2N2O2/c15-11-2-1-3-12(16)14(11)10(6-17)9(4-5-19)13-7-18-8-20-13/h1-3,7-10,19H,4-5H2/t9-,10-/m0/s1. The zero-order chi connectivity index (χ0) is 14.5. The van der Waals surface area contributed by atoms with Gasteiger partial charge >= 0.3 is 0 Å². The molecule has 2 rings (SSSR count). The van der Waals surface area contributed by atoms with E-state index < -0.39 is 23.5 Å². The molecule has 104 valence electrons. The highest BCUT2D eigenvalue weighted by molar-refractivity contribution is 5.32. The lowest BCUT2D eigenvalue weighted by Crippen LogP contribution is -2.14. The molecule has 0 unspecified atom stereocenters. The summed E-state index contributed by atoms with van der Waals surface area (Å²) in [5.74, 6) is -3.04. The molecule has 20 heavy (non-hydrogen) atoms. The van der Waals surface area contributed by atoms with Crippen LogP contribution in [0.25, 0.3) is 0 Å². The second-order valence-electron chi connectivity index (χ2n) is 4.26. The summed E-state index contributed by atoms with van der Waals surface area (Å²) < 4.78 is 32.8. The fourth-order valence-corrected chi connectivity index (χ4v) is 2.18. The second-order valence-corrected chi connectivity index (χ2v) is 4.26. The zero-order valence-electron chi connectivity index (χ0n) is 10.5. The first-order valence-electron chi connectivity index (χ1n) is 6.01. The lowest BCUT2D eigenvalue weighted by atomic mass is 9.83. The summed E-state index contributed by atoms with van der Waals surface area (Å²) >= 11 is 0. The minimum atomic E-state index is -1.10. The molecule has 0 bridgehead atoms. The van der Waals surface area contributed by atoms with Gasteiger partial charge in [0.2, 0.25) is 0 Å². The Morgan fingerprint density at radius 2 is 2.05 bits per heavy atom. The molecule has 4 nitrogen and oxygen atoms in total. The van der Waals surface area contributed by atoms with E-state index in [1.807, 2.05) is 6.07 Å². The smallest absolute Gasteiger partial charge is 0.180 e. The van der Waals surface area contributed by atoms with E-state index in [1.165, 1.54) is 18.7 Å². The molecule has 0 spiro atoms. The predicted molar refractivity (Wildman–Crippen MR) is 65.7 cm³/mol. The van der Waals surface area contributed by atoms with Gasteiger partial charge in [0.05, 0.1) is 18.2 Å². The van der Waals surface area contributed by atoms with Gasteiger partial charge in [-0.25, -0.2) is 13.8 Å². The van der Waals surface area contributed by atoms with Crippen LogP contribution in [0.15, 0.2) is 35.2 Å². The van der Waals surface area contributed by atoms with Crippen molar-refractivity contribution in [3.05, 3.63) is 53.7 Å². The lowest BCUT2D eigenvalue weighted by Gasteiger charge is -2.20. The second kappa shape index (κ2) is 6.26. The van der Waals surface area contributed by atoms with Crippen molar-refractivity contribution < 1.29 is 18.3 Å². The maximum Gasteiger partial charge on any atom is 0.180 e. The number of halogens is 2. The van der Waals surface area contributed by atoms with E-state index in [0.29, 0.717) is 5.76 Å². The molecule has 0 saturated carbocycles. The van der Waals surface area contributed by atoms with Gasteiger partial charge in [0.25, 0.3) is 0 Å². The molecule has 1 aromatic carbocycles. The minimum absolute atomic E-state index is 0.140. The van der Waals surface area contributed by atoms with Crippen LogP contribution in [0.4, 0.5) is 8.78 Å². The highest BCUT2D eigenvalue weighted by Crippen LogP contribution is 2.37. The van der Waals surface area contributed by atoms with E-state index in [2.05, 4.69) is 4.98 Å². The van der Waals surface area contributed by atoms with Gasteiger partial charge in [-0.15, -0.1) is 0 Å². The third kappa shape index (κ3) is 2.68. The van der Waals surface area contributed by atoms with E-state index >= 15 is 0 Å². The molecule has 6 heteroatoms. The summed E-state index contributed by atoms with van der Waals surface area (Å²) in [4.78, 5) is 3.74. The number of hydrogen-bond donors (Lipinski definition) is 1. The van der Waals surface area contributed by atoms with Crippen molar-refractivity contribution in [1.29, 1.82) is 5.26 Å². The summed E-state index contributed by atoms with van der Waals surface area (Å²) in [6, 6.07) is 5.32. The Morgan fingerprint density at radius 3 is 2.55 bits per heavy atom. The first-order valence-corrected chi connectivity index (χ1v) is 6.01. The largest absolute Gasteiger partial charge is 0.448 e. The van der Waals surface area contributed by atoms with Crippen LogP contribution in [-0.2, 0) is 0 Å². The summed E-state index contributed by atoms with van der Waals surface area (Å²) in [5, 5.41) is 18.4. The normalized spacial score (nSPS) is 13.7. The number of aliphatic hydroxyl groups is 1. The van der Waals surface area contributed by atoms with E-state index in [4.69, 9.17) is 9.52 Å². The van der Waals surface area contributed by atoms with Crippen molar-refractivity contribution in [2.24, 2.45) is 0 Å². The zero-order valence-corrected chi connectivity index (χ0v) is 10.5. The number of rotatable bonds is 5. The van der Waals surface area contributed by atoms with E-state index in [9.17, 15) is 14.0 Å². The van der Waals surface area contributed by atoms with Gasteiger partial charge in [-0.05, 0) is 18.6 Å². The highest BCUT2D eigenvalue weighted by Gasteiger charge is 2.31. The average molecular weight is 278 g/mol. The molecule has 2 atom stereocenters. The number of nitriles is 1. The molecule has 2 aromatic rings. The fourth-order valence-electron chi connectivity index (χ4n) is 2.18. The Labute approximate surface area is 114 Å². The first-order chi connectivity index (χ1) is 9.69. The van der Waals surface area contributed by atoms with Gasteiger partial charge in [0.1, 0.15) is 17.4 Å². The Bertz CT molecular complexity index is 588. The monoisotopic (exact) mass is 278 g/mol. The molecule has 1 N–H and O–H groups in total. The summed E-state index contributed by atoms with van der Waals surface area (Å²) in [6.07, 6.45) is 2.69. The predicted octanol–water partition coefficient (Wildman–Crippen LogP) is 2.73. The first kappa shape index (κ1) is 14.2. The Morgan fingerprint density at radius 1 is 1.35 bits per heavy atom. The minimum Gasteiger partial charge on any atom is -0.448 e. The molecular formula is C14H12F2N2O2. The molecule has 0 radical (unpaired) electrons. The van der Waals surface area contributed by atoms with Gasteiger partial charge < -0.3 is 9.52 Å². The van der Waals surface area contributed by atoms with Crippen molar-refractivity contribution in [2.45, 2.75) is 18.3 Å². The number of hydrogen-bond acceptors (Lipinski definition) is 4. The number of aromatic nitrogens is 1. The summed E-state index contributed by atoms with van der Waals surface area (Å²) in [5.41, 5.74) is -0.315. The summed E-state index contributed by atoms with van der Waals surface area (Å²) in [7, 11) is 0. The van der Waals surface area contributed by atoms with Crippen LogP contribution in [0, 0.1) is 23.0 Å². The van der Waals surface area contributed by atoms with Crippen LogP contribution in [0.3, 0.4) is 0 Å². The lowest BCUT2D eigenvalue weighted by molar-refractivity contribution is 0.261.